The van der Waals surface area contributed by atoms with E-state index >= 15 is 0 Å². The Morgan fingerprint density at radius 3 is 3.00 bits per heavy atom. The number of aromatic nitrogens is 4. The number of hydrogen-bond acceptors (Lipinski definition) is 6. The molecule has 0 saturated carbocycles. The van der Waals surface area contributed by atoms with E-state index in [-0.39, 0.29) is 0 Å². The summed E-state index contributed by atoms with van der Waals surface area (Å²) in [6.07, 6.45) is 5.70. The van der Waals surface area contributed by atoms with Gasteiger partial charge in [0, 0.05) is 37.8 Å². The van der Waals surface area contributed by atoms with E-state index < -0.39 is 0 Å². The molecule has 0 spiro atoms. The summed E-state index contributed by atoms with van der Waals surface area (Å²) in [5.41, 5.74) is 2.21. The summed E-state index contributed by atoms with van der Waals surface area (Å²) in [6, 6.07) is 10.7. The number of hydrogen-bond donors (Lipinski definition) is 0. The molecule has 3 heterocycles. The fourth-order valence-electron chi connectivity index (χ4n) is 3.64. The highest BCUT2D eigenvalue weighted by Crippen LogP contribution is 2.27. The van der Waals surface area contributed by atoms with Crippen LogP contribution in [-0.4, -0.2) is 46.3 Å². The lowest BCUT2D eigenvalue weighted by atomic mass is 10.1. The van der Waals surface area contributed by atoms with Crippen LogP contribution in [0.15, 0.2) is 42.9 Å². The van der Waals surface area contributed by atoms with Gasteiger partial charge < -0.3 is 9.80 Å². The summed E-state index contributed by atoms with van der Waals surface area (Å²) in [5, 5.41) is 9.42. The largest absolute Gasteiger partial charge is 0.357 e. The van der Waals surface area contributed by atoms with Crippen LogP contribution in [0, 0.1) is 6.92 Å². The fraction of sp³-hybridized carbons (Fsp3) is 0.368. The summed E-state index contributed by atoms with van der Waals surface area (Å²) in [5.74, 6) is 1.95. The summed E-state index contributed by atoms with van der Waals surface area (Å²) >= 11 is 0. The minimum Gasteiger partial charge on any atom is -0.357 e. The van der Waals surface area contributed by atoms with Crippen LogP contribution >= 0.6 is 0 Å². The molecule has 3 aromatic rings. The molecule has 1 unspecified atom stereocenters. The molecule has 1 aliphatic heterocycles. The fourth-order valence-corrected chi connectivity index (χ4v) is 3.64. The Balaban J connectivity index is 1.60. The van der Waals surface area contributed by atoms with Gasteiger partial charge in [0.15, 0.2) is 5.82 Å². The van der Waals surface area contributed by atoms with Gasteiger partial charge in [-0.05, 0) is 44.0 Å². The molecular weight excluding hydrogens is 312 g/mol. The highest BCUT2D eigenvalue weighted by atomic mass is 15.3. The number of rotatable bonds is 4. The van der Waals surface area contributed by atoms with E-state index in [0.717, 1.165) is 42.0 Å². The molecule has 6 heteroatoms. The number of aryl methyl sites for hydroxylation is 1. The molecule has 1 fully saturated rings. The van der Waals surface area contributed by atoms with Gasteiger partial charge in [-0.2, -0.15) is 5.10 Å². The molecule has 128 valence electrons. The first-order valence-corrected chi connectivity index (χ1v) is 8.69. The van der Waals surface area contributed by atoms with Crippen molar-refractivity contribution >= 4 is 22.5 Å². The second kappa shape index (κ2) is 6.63. The highest BCUT2D eigenvalue weighted by Gasteiger charge is 2.27. The van der Waals surface area contributed by atoms with Crippen molar-refractivity contribution in [3.05, 3.63) is 48.4 Å². The van der Waals surface area contributed by atoms with Gasteiger partial charge in [-0.15, -0.1) is 5.10 Å². The first kappa shape index (κ1) is 15.7. The molecule has 0 amide bonds. The van der Waals surface area contributed by atoms with E-state index in [9.17, 15) is 0 Å². The Labute approximate surface area is 147 Å². The monoisotopic (exact) mass is 334 g/mol. The number of benzene rings is 1. The Morgan fingerprint density at radius 2 is 2.16 bits per heavy atom. The van der Waals surface area contributed by atoms with Crippen molar-refractivity contribution in [3.8, 4) is 0 Å². The molecule has 1 aromatic carbocycles. The smallest absolute Gasteiger partial charge is 0.151 e. The maximum Gasteiger partial charge on any atom is 0.151 e. The molecule has 1 aliphatic rings. The van der Waals surface area contributed by atoms with E-state index in [1.165, 1.54) is 12.0 Å². The highest BCUT2D eigenvalue weighted by molar-refractivity contribution is 5.89. The third kappa shape index (κ3) is 3.12. The second-order valence-electron chi connectivity index (χ2n) is 6.67. The molecule has 25 heavy (non-hydrogen) atoms. The van der Waals surface area contributed by atoms with Gasteiger partial charge in [0.05, 0.1) is 5.52 Å². The minimum absolute atomic E-state index is 0.413. The van der Waals surface area contributed by atoms with Crippen molar-refractivity contribution in [3.63, 3.8) is 0 Å². The topological polar surface area (TPSA) is 58.0 Å². The zero-order valence-corrected chi connectivity index (χ0v) is 14.6. The maximum atomic E-state index is 4.56. The van der Waals surface area contributed by atoms with Crippen LogP contribution < -0.4 is 9.80 Å². The van der Waals surface area contributed by atoms with Gasteiger partial charge in [0.1, 0.15) is 12.1 Å². The van der Waals surface area contributed by atoms with Gasteiger partial charge in [-0.1, -0.05) is 11.6 Å². The quantitative estimate of drug-likeness (QED) is 0.731. The lowest BCUT2D eigenvalue weighted by Crippen LogP contribution is -2.39. The molecular formula is C19H22N6. The first-order valence-electron chi connectivity index (χ1n) is 8.69. The van der Waals surface area contributed by atoms with Crippen LogP contribution in [0.3, 0.4) is 0 Å². The zero-order valence-electron chi connectivity index (χ0n) is 14.6. The van der Waals surface area contributed by atoms with Crippen LogP contribution in [0.2, 0.25) is 0 Å². The van der Waals surface area contributed by atoms with Crippen LogP contribution in [0.25, 0.3) is 10.9 Å². The van der Waals surface area contributed by atoms with E-state index in [0.29, 0.717) is 6.04 Å². The molecule has 1 saturated heterocycles. The van der Waals surface area contributed by atoms with Crippen molar-refractivity contribution < 1.29 is 0 Å². The summed E-state index contributed by atoms with van der Waals surface area (Å²) < 4.78 is 0. The summed E-state index contributed by atoms with van der Waals surface area (Å²) in [7, 11) is 2.11. The summed E-state index contributed by atoms with van der Waals surface area (Å²) in [4.78, 5) is 13.5. The maximum absolute atomic E-state index is 4.56. The number of likely N-dealkylation sites (N-methyl/N-ethyl adjacent to an activating group) is 1. The third-order valence-electron chi connectivity index (χ3n) is 4.85. The number of nitrogens with zero attached hydrogens (tertiary/aromatic N) is 6. The Hall–Kier alpha value is -2.76. The van der Waals surface area contributed by atoms with Gasteiger partial charge in [-0.3, -0.25) is 0 Å². The number of anilines is 2. The molecule has 0 bridgehead atoms. The van der Waals surface area contributed by atoms with Crippen molar-refractivity contribution in [1.82, 2.24) is 20.2 Å². The van der Waals surface area contributed by atoms with Crippen LogP contribution in [0.1, 0.15) is 18.4 Å². The van der Waals surface area contributed by atoms with Crippen molar-refractivity contribution in [2.75, 3.05) is 29.9 Å². The van der Waals surface area contributed by atoms with Gasteiger partial charge in [0.25, 0.3) is 0 Å². The number of fused-ring (bicyclic) bond motifs is 1. The average Bonchev–Trinajstić information content (AvgIpc) is 3.10. The molecule has 6 nitrogen and oxygen atoms in total. The average molecular weight is 334 g/mol. The summed E-state index contributed by atoms with van der Waals surface area (Å²) in [6.45, 7) is 4.03. The minimum atomic E-state index is 0.413. The van der Waals surface area contributed by atoms with Crippen molar-refractivity contribution in [1.29, 1.82) is 0 Å². The van der Waals surface area contributed by atoms with Crippen LogP contribution in [0.5, 0.6) is 0 Å². The SMILES string of the molecule is Cc1ccc2ncnc(N(C)CC3CCCN3c3cccnn3)c2c1. The Bertz CT molecular complexity index is 866. The lowest BCUT2D eigenvalue weighted by Gasteiger charge is -2.30. The van der Waals surface area contributed by atoms with Crippen molar-refractivity contribution in [2.24, 2.45) is 0 Å². The molecule has 0 aliphatic carbocycles. The standard InChI is InChI=1S/C19H22N6/c1-14-7-8-17-16(11-14)19(21-13-20-17)24(2)12-15-5-4-10-25(15)18-6-3-9-22-23-18/h3,6-9,11,13,15H,4-5,10,12H2,1-2H3. The predicted molar refractivity (Wildman–Crippen MR) is 99.9 cm³/mol. The molecule has 1 atom stereocenters. The van der Waals surface area contributed by atoms with Crippen LogP contribution in [-0.2, 0) is 0 Å². The normalized spacial score (nSPS) is 17.2. The Morgan fingerprint density at radius 1 is 1.24 bits per heavy atom. The van der Waals surface area contributed by atoms with Gasteiger partial charge in [0.2, 0.25) is 0 Å². The molecule has 2 aromatic heterocycles. The van der Waals surface area contributed by atoms with E-state index in [1.54, 1.807) is 12.5 Å². The molecule has 0 N–H and O–H groups in total. The Kier molecular flexibility index (Phi) is 4.17. The predicted octanol–water partition coefficient (Wildman–Crippen LogP) is 2.83. The zero-order chi connectivity index (χ0) is 17.2. The first-order chi connectivity index (χ1) is 12.2. The third-order valence-corrected chi connectivity index (χ3v) is 4.85. The van der Waals surface area contributed by atoms with E-state index in [1.807, 2.05) is 12.1 Å². The van der Waals surface area contributed by atoms with Crippen molar-refractivity contribution in [2.45, 2.75) is 25.8 Å². The van der Waals surface area contributed by atoms with E-state index in [4.69, 9.17) is 0 Å². The second-order valence-corrected chi connectivity index (χ2v) is 6.67. The molecule has 0 radical (unpaired) electrons. The van der Waals surface area contributed by atoms with Crippen LogP contribution in [0.4, 0.5) is 11.6 Å². The lowest BCUT2D eigenvalue weighted by molar-refractivity contribution is 0.644. The van der Waals surface area contributed by atoms with Gasteiger partial charge >= 0.3 is 0 Å². The van der Waals surface area contributed by atoms with Gasteiger partial charge in [-0.25, -0.2) is 9.97 Å². The van der Waals surface area contributed by atoms with E-state index in [2.05, 4.69) is 62.1 Å². The molecule has 4 rings (SSSR count).